The number of rotatable bonds is 5. The zero-order chi connectivity index (χ0) is 28.4. The van der Waals surface area contributed by atoms with Crippen LogP contribution in [0.3, 0.4) is 0 Å². The fraction of sp³-hybridized carbons (Fsp3) is 0.406. The van der Waals surface area contributed by atoms with Crippen LogP contribution in [0.5, 0.6) is 5.88 Å². The largest absolute Gasteiger partial charge is 0.507 e. The number of Topliss-reactive ketones (excluding diaryl/α,β-unsaturated/α-hetero) is 2. The molecular weight excluding hydrogens is 522 g/mol. The fourth-order valence-electron chi connectivity index (χ4n) is 6.18. The summed E-state index contributed by atoms with van der Waals surface area (Å²) in [5.41, 5.74) is 1.25. The molecule has 40 heavy (non-hydrogen) atoms. The van der Waals surface area contributed by atoms with Crippen molar-refractivity contribution in [2.75, 3.05) is 0 Å². The lowest BCUT2D eigenvalue weighted by Gasteiger charge is -2.52. The van der Waals surface area contributed by atoms with Crippen LogP contribution in [-0.4, -0.2) is 35.7 Å². The van der Waals surface area contributed by atoms with Crippen molar-refractivity contribution in [3.8, 4) is 5.88 Å². The molecule has 3 unspecified atom stereocenters. The van der Waals surface area contributed by atoms with Gasteiger partial charge in [-0.1, -0.05) is 75.4 Å². The van der Waals surface area contributed by atoms with Crippen molar-refractivity contribution < 1.29 is 28.4 Å². The summed E-state index contributed by atoms with van der Waals surface area (Å²) in [4.78, 5) is 29.4. The van der Waals surface area contributed by atoms with Crippen molar-refractivity contribution >= 4 is 25.6 Å². The average molecular weight is 558 g/mol. The summed E-state index contributed by atoms with van der Waals surface area (Å²) in [5, 5.41) is 15.3. The third-order valence-electron chi connectivity index (χ3n) is 9.30. The van der Waals surface area contributed by atoms with Gasteiger partial charge in [-0.2, -0.15) is 0 Å². The number of carbonyl (C=O) groups excluding carboxylic acids is 2. The maximum Gasteiger partial charge on any atom is 0.265 e. The van der Waals surface area contributed by atoms with E-state index in [1.54, 1.807) is 0 Å². The number of ketones is 2. The Hall–Kier alpha value is -3.49. The molecule has 0 spiro atoms. The Morgan fingerprint density at radius 2 is 1.73 bits per heavy atom. The molecule has 7 nitrogen and oxygen atoms in total. The second-order valence-electron chi connectivity index (χ2n) is 12.8. The van der Waals surface area contributed by atoms with Gasteiger partial charge in [0.2, 0.25) is 11.6 Å². The number of ether oxygens (including phenoxy) is 1. The number of aliphatic hydroxyl groups excluding tert-OH is 1. The number of carbonyl (C=O) groups is 2. The van der Waals surface area contributed by atoms with E-state index in [9.17, 15) is 14.7 Å². The minimum absolute atomic E-state index is 0.0435. The summed E-state index contributed by atoms with van der Waals surface area (Å²) in [7, 11) is -2.67. The van der Waals surface area contributed by atoms with Crippen LogP contribution < -0.4 is 4.74 Å². The Morgan fingerprint density at radius 1 is 1.02 bits per heavy atom. The van der Waals surface area contributed by atoms with E-state index in [4.69, 9.17) is 13.7 Å². The number of hydrogen-bond acceptors (Lipinski definition) is 7. The molecule has 0 amide bonds. The summed E-state index contributed by atoms with van der Waals surface area (Å²) in [5.74, 6) is -1.12. The molecule has 3 aromatic rings. The average Bonchev–Trinajstić information content (AvgIpc) is 3.31. The molecule has 1 N–H and O–H groups in total. The molecule has 3 atom stereocenters. The molecule has 0 bridgehead atoms. The number of aliphatic hydroxyl groups is 1. The van der Waals surface area contributed by atoms with Crippen molar-refractivity contribution in [1.29, 1.82) is 0 Å². The van der Waals surface area contributed by atoms with Gasteiger partial charge >= 0.3 is 0 Å². The highest BCUT2D eigenvalue weighted by atomic mass is 28.4. The van der Waals surface area contributed by atoms with Gasteiger partial charge < -0.3 is 18.8 Å². The molecule has 0 radical (unpaired) electrons. The monoisotopic (exact) mass is 557 g/mol. The molecule has 208 valence electrons. The van der Waals surface area contributed by atoms with Crippen LogP contribution in [-0.2, 0) is 28.7 Å². The lowest BCUT2D eigenvalue weighted by Crippen LogP contribution is -2.66. The van der Waals surface area contributed by atoms with Gasteiger partial charge in [-0.3, -0.25) is 9.59 Å². The normalized spacial score (nSPS) is 24.2. The number of hydrogen-bond donors (Lipinski definition) is 1. The number of benzene rings is 2. The first kappa shape index (κ1) is 26.7. The Balaban J connectivity index is 1.48. The maximum absolute atomic E-state index is 14.7. The third-order valence-corrected chi connectivity index (χ3v) is 13.7. The van der Waals surface area contributed by atoms with E-state index >= 15 is 0 Å². The first-order valence-electron chi connectivity index (χ1n) is 13.9. The lowest BCUT2D eigenvalue weighted by molar-refractivity contribution is -0.136. The van der Waals surface area contributed by atoms with Gasteiger partial charge in [-0.05, 0) is 53.2 Å². The summed E-state index contributed by atoms with van der Waals surface area (Å²) in [6, 6.07) is 17.2. The molecule has 3 aliphatic rings. The van der Waals surface area contributed by atoms with Gasteiger partial charge in [0.25, 0.3) is 5.88 Å². The van der Waals surface area contributed by atoms with Crippen LogP contribution in [0.1, 0.15) is 60.0 Å². The summed E-state index contributed by atoms with van der Waals surface area (Å²) >= 11 is 0. The van der Waals surface area contributed by atoms with Crippen LogP contribution >= 0.6 is 0 Å². The Labute approximate surface area is 235 Å². The number of aromatic nitrogens is 1. The zero-order valence-electron chi connectivity index (χ0n) is 23.6. The van der Waals surface area contributed by atoms with E-state index < -0.39 is 31.4 Å². The highest BCUT2D eigenvalue weighted by Gasteiger charge is 2.65. The molecule has 0 aliphatic heterocycles. The number of nitrogens with zero attached hydrogens (tertiary/aromatic N) is 1. The van der Waals surface area contributed by atoms with Crippen molar-refractivity contribution in [3.63, 3.8) is 0 Å². The predicted molar refractivity (Wildman–Crippen MR) is 153 cm³/mol. The van der Waals surface area contributed by atoms with Gasteiger partial charge in [0, 0.05) is 23.5 Å². The van der Waals surface area contributed by atoms with Crippen LogP contribution in [0.2, 0.25) is 18.1 Å². The SMILES string of the molecule is CC(C)(C)[Si](C)(C)OC12C(=O)C3=C(O)c4ccccc4CC3CC1Cc1onc(OCc3ccccc3)c1C2=O. The maximum atomic E-state index is 14.7. The summed E-state index contributed by atoms with van der Waals surface area (Å²) in [6.07, 6.45) is 1.46. The molecule has 1 heterocycles. The smallest absolute Gasteiger partial charge is 0.265 e. The van der Waals surface area contributed by atoms with E-state index in [2.05, 4.69) is 25.9 Å². The zero-order valence-corrected chi connectivity index (χ0v) is 24.6. The standard InChI is InChI=1S/C32H35NO6Si/c1-31(2,3)40(4,5)39-32-22(16-21-15-20-13-9-10-14-23(20)27(34)25(21)28(32)35)17-24-26(29(32)36)30(33-38-24)37-18-19-11-7-6-8-12-19/h6-14,21-22,34H,15-18H2,1-5H3. The fourth-order valence-corrected chi connectivity index (χ4v) is 7.64. The van der Waals surface area contributed by atoms with Crippen molar-refractivity contribution in [2.24, 2.45) is 11.8 Å². The molecule has 1 fully saturated rings. The quantitative estimate of drug-likeness (QED) is 0.283. The Morgan fingerprint density at radius 3 is 2.45 bits per heavy atom. The van der Waals surface area contributed by atoms with Gasteiger partial charge in [0.1, 0.15) is 17.9 Å². The minimum Gasteiger partial charge on any atom is -0.507 e. The van der Waals surface area contributed by atoms with Gasteiger partial charge in [-0.15, -0.1) is 0 Å². The van der Waals surface area contributed by atoms with Crippen molar-refractivity contribution in [2.45, 2.75) is 70.4 Å². The number of fused-ring (bicyclic) bond motifs is 4. The highest BCUT2D eigenvalue weighted by Crippen LogP contribution is 2.54. The first-order valence-corrected chi connectivity index (χ1v) is 16.8. The summed E-state index contributed by atoms with van der Waals surface area (Å²) in [6.45, 7) is 10.5. The molecule has 3 aliphatic carbocycles. The van der Waals surface area contributed by atoms with E-state index in [1.807, 2.05) is 67.7 Å². The molecule has 1 saturated carbocycles. The topological polar surface area (TPSA) is 98.9 Å². The molecule has 1 aromatic heterocycles. The Bertz CT molecular complexity index is 1530. The molecule has 0 saturated heterocycles. The molecule has 8 heteroatoms. The molecule has 2 aromatic carbocycles. The third kappa shape index (κ3) is 3.99. The molecular formula is C32H35NO6Si. The highest BCUT2D eigenvalue weighted by molar-refractivity contribution is 6.74. The van der Waals surface area contributed by atoms with E-state index in [1.165, 1.54) is 0 Å². The van der Waals surface area contributed by atoms with Crippen LogP contribution in [0.4, 0.5) is 0 Å². The first-order chi connectivity index (χ1) is 18.9. The van der Waals surface area contributed by atoms with E-state index in [0.29, 0.717) is 36.2 Å². The second kappa shape index (κ2) is 9.28. The van der Waals surface area contributed by atoms with Crippen LogP contribution in [0.25, 0.3) is 5.76 Å². The lowest BCUT2D eigenvalue weighted by atomic mass is 9.59. The van der Waals surface area contributed by atoms with E-state index in [-0.39, 0.29) is 34.8 Å². The van der Waals surface area contributed by atoms with E-state index in [0.717, 1.165) is 11.1 Å². The minimum atomic E-state index is -2.67. The second-order valence-corrected chi connectivity index (χ2v) is 17.5. The van der Waals surface area contributed by atoms with Crippen molar-refractivity contribution in [1.82, 2.24) is 5.16 Å². The molecule has 6 rings (SSSR count). The van der Waals surface area contributed by atoms with Gasteiger partial charge in [-0.25, -0.2) is 0 Å². The van der Waals surface area contributed by atoms with Crippen molar-refractivity contribution in [3.05, 3.63) is 88.2 Å². The van der Waals surface area contributed by atoms with Gasteiger partial charge in [0.15, 0.2) is 19.7 Å². The van der Waals surface area contributed by atoms with Gasteiger partial charge in [0.05, 0.1) is 0 Å². The van der Waals surface area contributed by atoms with Crippen LogP contribution in [0, 0.1) is 11.8 Å². The van der Waals surface area contributed by atoms with Crippen LogP contribution in [0.15, 0.2) is 64.7 Å². The summed E-state index contributed by atoms with van der Waals surface area (Å²) < 4.78 is 18.6. The predicted octanol–water partition coefficient (Wildman–Crippen LogP) is 6.48. The Kier molecular flexibility index (Phi) is 6.20.